The van der Waals surface area contributed by atoms with Crippen molar-refractivity contribution >= 4 is 17.8 Å². The molecule has 0 aliphatic rings. The van der Waals surface area contributed by atoms with Gasteiger partial charge < -0.3 is 15.0 Å². The molecule has 0 aliphatic heterocycles. The number of halogens is 1. The molecular weight excluding hydrogens is 315 g/mol. The zero-order chi connectivity index (χ0) is 17.9. The fourth-order valence-electron chi connectivity index (χ4n) is 2.08. The van der Waals surface area contributed by atoms with E-state index >= 15 is 0 Å². The molecule has 1 N–H and O–H groups in total. The molecule has 0 atom stereocenters. The topological polar surface area (TPSA) is 75.7 Å². The van der Waals surface area contributed by atoms with E-state index < -0.39 is 0 Å². The number of amides is 2. The molecule has 0 aliphatic carbocycles. The van der Waals surface area contributed by atoms with Crippen LogP contribution in [-0.4, -0.2) is 48.9 Å². The molecule has 1 aromatic rings. The van der Waals surface area contributed by atoms with E-state index in [0.29, 0.717) is 18.7 Å². The highest BCUT2D eigenvalue weighted by molar-refractivity contribution is 5.79. The summed E-state index contributed by atoms with van der Waals surface area (Å²) in [6, 6.07) is 5.68. The van der Waals surface area contributed by atoms with Gasteiger partial charge in [-0.15, -0.1) is 0 Å². The number of rotatable bonds is 9. The van der Waals surface area contributed by atoms with Crippen molar-refractivity contribution < 1.29 is 23.5 Å². The van der Waals surface area contributed by atoms with Gasteiger partial charge in [-0.1, -0.05) is 12.1 Å². The Balaban J connectivity index is 2.62. The average Bonchev–Trinajstić information content (AvgIpc) is 2.52. The minimum atomic E-state index is -0.378. The van der Waals surface area contributed by atoms with Crippen LogP contribution in [0, 0.1) is 5.82 Å². The summed E-state index contributed by atoms with van der Waals surface area (Å²) in [5.41, 5.74) is 0.682. The predicted octanol–water partition coefficient (Wildman–Crippen LogP) is 1.29. The molecule has 0 bridgehead atoms. The number of nitrogens with zero attached hydrogens (tertiary/aromatic N) is 1. The van der Waals surface area contributed by atoms with Crippen LogP contribution in [0.25, 0.3) is 0 Å². The lowest BCUT2D eigenvalue weighted by atomic mass is 10.1. The van der Waals surface area contributed by atoms with Crippen LogP contribution in [0.2, 0.25) is 0 Å². The highest BCUT2D eigenvalue weighted by Crippen LogP contribution is 2.06. The maximum Gasteiger partial charge on any atom is 0.307 e. The second kappa shape index (κ2) is 10.4. The fraction of sp³-hybridized carbons (Fsp3) is 0.471. The number of esters is 1. The summed E-state index contributed by atoms with van der Waals surface area (Å²) in [4.78, 5) is 36.3. The van der Waals surface area contributed by atoms with E-state index in [1.165, 1.54) is 24.0 Å². The molecule has 0 fully saturated rings. The van der Waals surface area contributed by atoms with E-state index in [4.69, 9.17) is 4.74 Å². The molecule has 2 amide bonds. The van der Waals surface area contributed by atoms with Crippen molar-refractivity contribution in [1.29, 1.82) is 0 Å². The van der Waals surface area contributed by atoms with Gasteiger partial charge in [0.05, 0.1) is 19.4 Å². The lowest BCUT2D eigenvalue weighted by Gasteiger charge is -2.22. The Bertz CT molecular complexity index is 560. The van der Waals surface area contributed by atoms with E-state index in [2.05, 4.69) is 5.32 Å². The third kappa shape index (κ3) is 7.71. The SMILES string of the molecule is CCOC(=O)CCN(CCNC(C)=O)C(=O)Cc1ccc(F)cc1. The van der Waals surface area contributed by atoms with Crippen molar-refractivity contribution in [2.75, 3.05) is 26.2 Å². The highest BCUT2D eigenvalue weighted by Gasteiger charge is 2.16. The second-order valence-corrected chi connectivity index (χ2v) is 5.22. The molecule has 1 aromatic carbocycles. The molecular formula is C17H23FN2O4. The van der Waals surface area contributed by atoms with Crippen molar-refractivity contribution in [3.8, 4) is 0 Å². The maximum absolute atomic E-state index is 12.9. The van der Waals surface area contributed by atoms with E-state index in [9.17, 15) is 18.8 Å². The van der Waals surface area contributed by atoms with Crippen molar-refractivity contribution in [2.45, 2.75) is 26.7 Å². The van der Waals surface area contributed by atoms with Gasteiger partial charge in [0.25, 0.3) is 0 Å². The maximum atomic E-state index is 12.9. The Morgan fingerprint density at radius 3 is 2.42 bits per heavy atom. The third-order valence-electron chi connectivity index (χ3n) is 3.27. The molecule has 1 rings (SSSR count). The van der Waals surface area contributed by atoms with Crippen LogP contribution >= 0.6 is 0 Å². The Morgan fingerprint density at radius 2 is 1.83 bits per heavy atom. The van der Waals surface area contributed by atoms with Gasteiger partial charge in [-0.3, -0.25) is 14.4 Å². The van der Waals surface area contributed by atoms with E-state index in [-0.39, 0.29) is 49.6 Å². The molecule has 0 saturated carbocycles. The molecule has 0 spiro atoms. The van der Waals surface area contributed by atoms with Crippen molar-refractivity contribution in [3.05, 3.63) is 35.6 Å². The average molecular weight is 338 g/mol. The summed E-state index contributed by atoms with van der Waals surface area (Å²) in [7, 11) is 0. The van der Waals surface area contributed by atoms with Crippen LogP contribution < -0.4 is 5.32 Å². The first-order chi connectivity index (χ1) is 11.4. The van der Waals surface area contributed by atoms with Crippen LogP contribution in [0.15, 0.2) is 24.3 Å². The number of hydrogen-bond acceptors (Lipinski definition) is 4. The molecule has 0 heterocycles. The molecule has 6 nitrogen and oxygen atoms in total. The second-order valence-electron chi connectivity index (χ2n) is 5.22. The number of hydrogen-bond donors (Lipinski definition) is 1. The van der Waals surface area contributed by atoms with Gasteiger partial charge in [0, 0.05) is 26.6 Å². The summed E-state index contributed by atoms with van der Waals surface area (Å²) in [6.07, 6.45) is 0.187. The standard InChI is InChI=1S/C17H23FN2O4/c1-3-24-17(23)8-10-20(11-9-19-13(2)21)16(22)12-14-4-6-15(18)7-5-14/h4-7H,3,8-12H2,1-2H3,(H,19,21). The van der Waals surface area contributed by atoms with Crippen molar-refractivity contribution in [1.82, 2.24) is 10.2 Å². The first-order valence-corrected chi connectivity index (χ1v) is 7.84. The van der Waals surface area contributed by atoms with Crippen LogP contribution in [0.1, 0.15) is 25.8 Å². The van der Waals surface area contributed by atoms with Crippen LogP contribution in [0.5, 0.6) is 0 Å². The largest absolute Gasteiger partial charge is 0.466 e. The van der Waals surface area contributed by atoms with Gasteiger partial charge in [0.2, 0.25) is 11.8 Å². The summed E-state index contributed by atoms with van der Waals surface area (Å²) in [5.74, 6) is -1.13. The minimum absolute atomic E-state index is 0.0864. The summed E-state index contributed by atoms with van der Waals surface area (Å²) >= 11 is 0. The summed E-state index contributed by atoms with van der Waals surface area (Å²) in [5, 5.41) is 2.62. The number of carbonyl (C=O) groups is 3. The van der Waals surface area contributed by atoms with Crippen molar-refractivity contribution in [2.24, 2.45) is 0 Å². The Labute approximate surface area is 141 Å². The monoisotopic (exact) mass is 338 g/mol. The number of ether oxygens (including phenoxy) is 1. The van der Waals surface area contributed by atoms with Gasteiger partial charge >= 0.3 is 5.97 Å². The minimum Gasteiger partial charge on any atom is -0.466 e. The van der Waals surface area contributed by atoms with Crippen LogP contribution in [-0.2, 0) is 25.5 Å². The molecule has 0 saturated heterocycles. The van der Waals surface area contributed by atoms with Gasteiger partial charge in [0.15, 0.2) is 0 Å². The number of nitrogens with one attached hydrogen (secondary N) is 1. The Kier molecular flexibility index (Phi) is 8.46. The van der Waals surface area contributed by atoms with Crippen molar-refractivity contribution in [3.63, 3.8) is 0 Å². The lowest BCUT2D eigenvalue weighted by molar-refractivity contribution is -0.144. The molecule has 7 heteroatoms. The van der Waals surface area contributed by atoms with Gasteiger partial charge in [-0.05, 0) is 24.6 Å². The number of carbonyl (C=O) groups excluding carboxylic acids is 3. The molecule has 0 aromatic heterocycles. The number of benzene rings is 1. The fourth-order valence-corrected chi connectivity index (χ4v) is 2.08. The first-order valence-electron chi connectivity index (χ1n) is 7.84. The highest BCUT2D eigenvalue weighted by atomic mass is 19.1. The lowest BCUT2D eigenvalue weighted by Crippen LogP contribution is -2.40. The Morgan fingerprint density at radius 1 is 1.17 bits per heavy atom. The van der Waals surface area contributed by atoms with E-state index in [0.717, 1.165) is 0 Å². The zero-order valence-electron chi connectivity index (χ0n) is 14.0. The molecule has 132 valence electrons. The summed E-state index contributed by atoms with van der Waals surface area (Å²) < 4.78 is 17.8. The zero-order valence-corrected chi connectivity index (χ0v) is 14.0. The quantitative estimate of drug-likeness (QED) is 0.689. The third-order valence-corrected chi connectivity index (χ3v) is 3.27. The Hall–Kier alpha value is -2.44. The van der Waals surface area contributed by atoms with Crippen LogP contribution in [0.3, 0.4) is 0 Å². The molecule has 0 radical (unpaired) electrons. The molecule has 0 unspecified atom stereocenters. The van der Waals surface area contributed by atoms with Gasteiger partial charge in [0.1, 0.15) is 5.82 Å². The predicted molar refractivity (Wildman–Crippen MR) is 86.6 cm³/mol. The summed E-state index contributed by atoms with van der Waals surface area (Å²) in [6.45, 7) is 4.19. The van der Waals surface area contributed by atoms with Gasteiger partial charge in [-0.2, -0.15) is 0 Å². The molecule has 24 heavy (non-hydrogen) atoms. The van der Waals surface area contributed by atoms with E-state index in [1.807, 2.05) is 0 Å². The van der Waals surface area contributed by atoms with Gasteiger partial charge in [-0.25, -0.2) is 4.39 Å². The van der Waals surface area contributed by atoms with E-state index in [1.54, 1.807) is 19.1 Å². The smallest absolute Gasteiger partial charge is 0.307 e. The van der Waals surface area contributed by atoms with Crippen LogP contribution in [0.4, 0.5) is 4.39 Å². The normalized spacial score (nSPS) is 10.1. The first kappa shape index (κ1) is 19.6.